The average molecular weight is 284 g/mol. The number of carbonyl (C=O) groups is 1. The van der Waals surface area contributed by atoms with E-state index in [1.807, 2.05) is 24.3 Å². The topological polar surface area (TPSA) is 71.5 Å². The second-order valence-electron chi connectivity index (χ2n) is 5.10. The Labute approximate surface area is 122 Å². The number of aryl methyl sites for hydroxylation is 1. The van der Waals surface area contributed by atoms with Gasteiger partial charge in [-0.2, -0.15) is 0 Å². The van der Waals surface area contributed by atoms with E-state index < -0.39 is 5.91 Å². The van der Waals surface area contributed by atoms with Crippen molar-refractivity contribution in [2.45, 2.75) is 25.4 Å². The maximum atomic E-state index is 11.5. The number of pyridine rings is 1. The molecule has 5 nitrogen and oxygen atoms in total. The Hall–Kier alpha value is -2.40. The molecule has 0 saturated carbocycles. The van der Waals surface area contributed by atoms with E-state index in [0.717, 1.165) is 30.6 Å². The number of hydrogen-bond acceptors (Lipinski definition) is 4. The van der Waals surface area contributed by atoms with Crippen molar-refractivity contribution in [3.05, 3.63) is 59.4 Å². The highest BCUT2D eigenvalue weighted by atomic mass is 16.5. The van der Waals surface area contributed by atoms with E-state index in [4.69, 9.17) is 9.94 Å². The molecular weight excluding hydrogens is 268 g/mol. The zero-order valence-electron chi connectivity index (χ0n) is 11.5. The molecule has 3 rings (SSSR count). The minimum Gasteiger partial charge on any atom is -0.488 e. The van der Waals surface area contributed by atoms with Gasteiger partial charge in [0.2, 0.25) is 0 Å². The van der Waals surface area contributed by atoms with Gasteiger partial charge in [0.05, 0.1) is 6.20 Å². The third-order valence-electron chi connectivity index (χ3n) is 3.69. The van der Waals surface area contributed by atoms with Crippen LogP contribution in [0.4, 0.5) is 0 Å². The third kappa shape index (κ3) is 3.03. The molecule has 1 aromatic heterocycles. The summed E-state index contributed by atoms with van der Waals surface area (Å²) in [6.07, 6.45) is 6.09. The largest absolute Gasteiger partial charge is 0.488 e. The monoisotopic (exact) mass is 284 g/mol. The molecule has 108 valence electrons. The highest BCUT2D eigenvalue weighted by molar-refractivity contribution is 5.93. The summed E-state index contributed by atoms with van der Waals surface area (Å²) in [6, 6.07) is 9.22. The molecule has 2 N–H and O–H groups in total. The molecule has 5 heteroatoms. The van der Waals surface area contributed by atoms with Crippen molar-refractivity contribution >= 4 is 5.91 Å². The number of benzene rings is 1. The van der Waals surface area contributed by atoms with Crippen LogP contribution in [-0.2, 0) is 12.8 Å². The van der Waals surface area contributed by atoms with E-state index in [9.17, 15) is 4.79 Å². The SMILES string of the molecule is O=C(NO)c1ccc2c(c1)CC(Oc1cccnc1)CC2. The van der Waals surface area contributed by atoms with Gasteiger partial charge in [0.25, 0.3) is 5.91 Å². The number of rotatable bonds is 3. The van der Waals surface area contributed by atoms with Gasteiger partial charge in [-0.05, 0) is 48.2 Å². The second kappa shape index (κ2) is 5.93. The first kappa shape index (κ1) is 13.6. The van der Waals surface area contributed by atoms with Crippen LogP contribution in [0.15, 0.2) is 42.7 Å². The van der Waals surface area contributed by atoms with Crippen molar-refractivity contribution in [1.29, 1.82) is 0 Å². The van der Waals surface area contributed by atoms with E-state index in [0.29, 0.717) is 5.56 Å². The lowest BCUT2D eigenvalue weighted by Crippen LogP contribution is -2.26. The van der Waals surface area contributed by atoms with Crippen LogP contribution in [-0.4, -0.2) is 22.2 Å². The normalized spacial score (nSPS) is 16.9. The van der Waals surface area contributed by atoms with Crippen molar-refractivity contribution < 1.29 is 14.7 Å². The second-order valence-corrected chi connectivity index (χ2v) is 5.10. The summed E-state index contributed by atoms with van der Waals surface area (Å²) < 4.78 is 5.93. The number of nitrogens with zero attached hydrogens (tertiary/aromatic N) is 1. The molecule has 1 aliphatic rings. The Bertz CT molecular complexity index is 643. The van der Waals surface area contributed by atoms with Crippen LogP contribution in [0.1, 0.15) is 27.9 Å². The number of aromatic nitrogens is 1. The number of amides is 1. The highest BCUT2D eigenvalue weighted by Crippen LogP contribution is 2.25. The van der Waals surface area contributed by atoms with Gasteiger partial charge in [0, 0.05) is 18.2 Å². The molecular formula is C16H16N2O3. The van der Waals surface area contributed by atoms with E-state index in [1.165, 1.54) is 5.56 Å². The maximum Gasteiger partial charge on any atom is 0.274 e. The standard InChI is InChI=1S/C16H16N2O3/c19-16(18-20)12-4-3-11-5-6-14(9-13(11)8-12)21-15-2-1-7-17-10-15/h1-4,7-8,10,14,20H,5-6,9H2,(H,18,19). The average Bonchev–Trinajstić information content (AvgIpc) is 2.54. The summed E-state index contributed by atoms with van der Waals surface area (Å²) in [6.45, 7) is 0. The summed E-state index contributed by atoms with van der Waals surface area (Å²) in [5.41, 5.74) is 4.44. The molecule has 0 spiro atoms. The van der Waals surface area contributed by atoms with E-state index in [2.05, 4.69) is 4.98 Å². The predicted octanol–water partition coefficient (Wildman–Crippen LogP) is 2.14. The lowest BCUT2D eigenvalue weighted by atomic mass is 9.88. The zero-order valence-corrected chi connectivity index (χ0v) is 11.5. The number of fused-ring (bicyclic) bond motifs is 1. The van der Waals surface area contributed by atoms with E-state index in [-0.39, 0.29) is 6.10 Å². The first-order valence-corrected chi connectivity index (χ1v) is 6.89. The highest BCUT2D eigenvalue weighted by Gasteiger charge is 2.21. The van der Waals surface area contributed by atoms with Crippen LogP contribution in [0.25, 0.3) is 0 Å². The van der Waals surface area contributed by atoms with E-state index in [1.54, 1.807) is 23.9 Å². The Morgan fingerprint density at radius 2 is 2.24 bits per heavy atom. The van der Waals surface area contributed by atoms with Crippen molar-refractivity contribution in [3.63, 3.8) is 0 Å². The van der Waals surface area contributed by atoms with Gasteiger partial charge in [0.15, 0.2) is 0 Å². The van der Waals surface area contributed by atoms with Crippen LogP contribution in [0.3, 0.4) is 0 Å². The van der Waals surface area contributed by atoms with Crippen molar-refractivity contribution in [2.24, 2.45) is 0 Å². The Morgan fingerprint density at radius 3 is 3.00 bits per heavy atom. The number of carbonyl (C=O) groups excluding carboxylic acids is 1. The number of nitrogens with one attached hydrogen (secondary N) is 1. The van der Waals surface area contributed by atoms with Gasteiger partial charge < -0.3 is 4.74 Å². The summed E-state index contributed by atoms with van der Waals surface area (Å²) in [4.78, 5) is 15.5. The van der Waals surface area contributed by atoms with Crippen LogP contribution in [0.2, 0.25) is 0 Å². The third-order valence-corrected chi connectivity index (χ3v) is 3.69. The fourth-order valence-corrected chi connectivity index (χ4v) is 2.64. The van der Waals surface area contributed by atoms with Gasteiger partial charge in [0.1, 0.15) is 11.9 Å². The summed E-state index contributed by atoms with van der Waals surface area (Å²) in [5.74, 6) is 0.267. The zero-order chi connectivity index (χ0) is 14.7. The summed E-state index contributed by atoms with van der Waals surface area (Å²) in [5, 5.41) is 8.71. The number of ether oxygens (including phenoxy) is 1. The fourth-order valence-electron chi connectivity index (χ4n) is 2.64. The smallest absolute Gasteiger partial charge is 0.274 e. The molecule has 0 radical (unpaired) electrons. The molecule has 21 heavy (non-hydrogen) atoms. The maximum absolute atomic E-state index is 11.5. The Morgan fingerprint density at radius 1 is 1.33 bits per heavy atom. The van der Waals surface area contributed by atoms with Crippen molar-refractivity contribution in [2.75, 3.05) is 0 Å². The van der Waals surface area contributed by atoms with Gasteiger partial charge in [-0.1, -0.05) is 6.07 Å². The summed E-state index contributed by atoms with van der Waals surface area (Å²) in [7, 11) is 0. The minimum absolute atomic E-state index is 0.0779. The molecule has 1 heterocycles. The quantitative estimate of drug-likeness (QED) is 0.669. The Balaban J connectivity index is 1.76. The molecule has 0 bridgehead atoms. The molecule has 2 aromatic rings. The molecule has 0 fully saturated rings. The predicted molar refractivity (Wildman–Crippen MR) is 76.4 cm³/mol. The Kier molecular flexibility index (Phi) is 3.83. The molecule has 1 aliphatic carbocycles. The molecule has 0 aliphatic heterocycles. The minimum atomic E-state index is -0.492. The van der Waals surface area contributed by atoms with Crippen molar-refractivity contribution in [3.8, 4) is 5.75 Å². The fraction of sp³-hybridized carbons (Fsp3) is 0.250. The van der Waals surface area contributed by atoms with Gasteiger partial charge in [-0.25, -0.2) is 5.48 Å². The van der Waals surface area contributed by atoms with Crippen LogP contribution in [0, 0.1) is 0 Å². The van der Waals surface area contributed by atoms with Gasteiger partial charge >= 0.3 is 0 Å². The van der Waals surface area contributed by atoms with Gasteiger partial charge in [-0.15, -0.1) is 0 Å². The molecule has 1 aromatic carbocycles. The molecule has 0 saturated heterocycles. The lowest BCUT2D eigenvalue weighted by Gasteiger charge is -2.25. The first-order chi connectivity index (χ1) is 10.3. The lowest BCUT2D eigenvalue weighted by molar-refractivity contribution is 0.0706. The molecule has 1 atom stereocenters. The summed E-state index contributed by atoms with van der Waals surface area (Å²) >= 11 is 0. The van der Waals surface area contributed by atoms with Crippen LogP contribution >= 0.6 is 0 Å². The van der Waals surface area contributed by atoms with Crippen LogP contribution in [0.5, 0.6) is 5.75 Å². The first-order valence-electron chi connectivity index (χ1n) is 6.89. The van der Waals surface area contributed by atoms with Gasteiger partial charge in [-0.3, -0.25) is 15.0 Å². The number of hydrogen-bond donors (Lipinski definition) is 2. The molecule has 1 unspecified atom stereocenters. The van der Waals surface area contributed by atoms with Crippen molar-refractivity contribution in [1.82, 2.24) is 10.5 Å². The van der Waals surface area contributed by atoms with E-state index >= 15 is 0 Å². The number of hydroxylamine groups is 1. The van der Waals surface area contributed by atoms with Crippen LogP contribution < -0.4 is 10.2 Å². The molecule has 1 amide bonds.